The van der Waals surface area contributed by atoms with E-state index < -0.39 is 9.84 Å². The van der Waals surface area contributed by atoms with E-state index in [0.29, 0.717) is 24.7 Å². The second kappa shape index (κ2) is 6.72. The summed E-state index contributed by atoms with van der Waals surface area (Å²) in [5.41, 5.74) is 2.40. The van der Waals surface area contributed by atoms with E-state index in [4.69, 9.17) is 0 Å². The molecule has 1 aliphatic rings. The second-order valence-electron chi connectivity index (χ2n) is 6.09. The Morgan fingerprint density at radius 2 is 2.12 bits per heavy atom. The minimum Gasteiger partial charge on any atom is -0.365 e. The van der Waals surface area contributed by atoms with Crippen LogP contribution in [0.4, 0.5) is 11.8 Å². The molecule has 7 nitrogen and oxygen atoms in total. The number of nitrogens with zero attached hydrogens (tertiary/aromatic N) is 4. The quantitative estimate of drug-likeness (QED) is 0.875. The molecule has 1 aromatic carbocycles. The van der Waals surface area contributed by atoms with Crippen LogP contribution in [0.2, 0.25) is 0 Å². The highest BCUT2D eigenvalue weighted by Crippen LogP contribution is 2.20. The Morgan fingerprint density at radius 3 is 2.83 bits per heavy atom. The van der Waals surface area contributed by atoms with E-state index in [1.54, 1.807) is 11.1 Å². The molecule has 0 spiro atoms. The first-order valence-electron chi connectivity index (χ1n) is 7.86. The average Bonchev–Trinajstić information content (AvgIpc) is 2.94. The molecule has 24 heavy (non-hydrogen) atoms. The zero-order valence-corrected chi connectivity index (χ0v) is 14.6. The van der Waals surface area contributed by atoms with Gasteiger partial charge in [0.15, 0.2) is 15.7 Å². The van der Waals surface area contributed by atoms with Crippen molar-refractivity contribution >= 4 is 21.6 Å². The Morgan fingerprint density at radius 1 is 1.33 bits per heavy atom. The Kier molecular flexibility index (Phi) is 4.66. The first kappa shape index (κ1) is 16.6. The molecular formula is C16H21N5O2S. The van der Waals surface area contributed by atoms with Crippen molar-refractivity contribution in [3.8, 4) is 0 Å². The van der Waals surface area contributed by atoms with E-state index in [2.05, 4.69) is 39.6 Å². The van der Waals surface area contributed by atoms with E-state index in [9.17, 15) is 8.42 Å². The molecule has 3 rings (SSSR count). The van der Waals surface area contributed by atoms with Crippen LogP contribution in [-0.2, 0) is 16.4 Å². The number of anilines is 2. The fraction of sp³-hybridized carbons (Fsp3) is 0.438. The molecule has 0 aliphatic carbocycles. The maximum atomic E-state index is 11.6. The van der Waals surface area contributed by atoms with Gasteiger partial charge in [-0.1, -0.05) is 24.3 Å². The highest BCUT2D eigenvalue weighted by molar-refractivity contribution is 7.91. The maximum Gasteiger partial charge on any atom is 0.247 e. The first-order valence-corrected chi connectivity index (χ1v) is 9.68. The zero-order chi connectivity index (χ0) is 17.2. The highest BCUT2D eigenvalue weighted by Gasteiger charge is 2.31. The van der Waals surface area contributed by atoms with Gasteiger partial charge in [0.1, 0.15) is 0 Å². The van der Waals surface area contributed by atoms with Crippen molar-refractivity contribution < 1.29 is 8.42 Å². The van der Waals surface area contributed by atoms with E-state index in [1.807, 2.05) is 19.2 Å². The van der Waals surface area contributed by atoms with Crippen LogP contribution in [0.5, 0.6) is 0 Å². The molecule has 0 amide bonds. The lowest BCUT2D eigenvalue weighted by atomic mass is 10.1. The van der Waals surface area contributed by atoms with Gasteiger partial charge in [0.05, 0.1) is 17.7 Å². The summed E-state index contributed by atoms with van der Waals surface area (Å²) in [6.07, 6.45) is 2.17. The SMILES string of the molecule is Cc1ccccc1CNc1cnnc(N(C)C2CCS(=O)(=O)C2)n1. The van der Waals surface area contributed by atoms with Gasteiger partial charge in [-0.15, -0.1) is 5.10 Å². The van der Waals surface area contributed by atoms with E-state index in [1.165, 1.54) is 11.1 Å². The number of nitrogens with one attached hydrogen (secondary N) is 1. The van der Waals surface area contributed by atoms with E-state index in [-0.39, 0.29) is 17.5 Å². The van der Waals surface area contributed by atoms with Crippen molar-refractivity contribution in [2.45, 2.75) is 25.9 Å². The van der Waals surface area contributed by atoms with Crippen LogP contribution in [0.25, 0.3) is 0 Å². The molecule has 1 unspecified atom stereocenters. The zero-order valence-electron chi connectivity index (χ0n) is 13.8. The Balaban J connectivity index is 1.69. The van der Waals surface area contributed by atoms with Crippen molar-refractivity contribution in [1.82, 2.24) is 15.2 Å². The van der Waals surface area contributed by atoms with Crippen molar-refractivity contribution in [3.05, 3.63) is 41.6 Å². The molecule has 1 aromatic heterocycles. The van der Waals surface area contributed by atoms with E-state index >= 15 is 0 Å². The summed E-state index contributed by atoms with van der Waals surface area (Å²) in [7, 11) is -1.13. The van der Waals surface area contributed by atoms with Gasteiger partial charge >= 0.3 is 0 Å². The number of hydrogen-bond acceptors (Lipinski definition) is 7. The molecule has 1 atom stereocenters. The molecule has 8 heteroatoms. The molecule has 0 radical (unpaired) electrons. The van der Waals surface area contributed by atoms with Gasteiger partial charge in [0.25, 0.3) is 0 Å². The van der Waals surface area contributed by atoms with Crippen LogP contribution in [0.3, 0.4) is 0 Å². The Hall–Kier alpha value is -2.22. The first-order chi connectivity index (χ1) is 11.4. The summed E-state index contributed by atoms with van der Waals surface area (Å²) >= 11 is 0. The summed E-state index contributed by atoms with van der Waals surface area (Å²) in [5.74, 6) is 1.43. The van der Waals surface area contributed by atoms with Crippen LogP contribution < -0.4 is 10.2 Å². The third kappa shape index (κ3) is 3.81. The van der Waals surface area contributed by atoms with Gasteiger partial charge in [-0.25, -0.2) is 8.42 Å². The smallest absolute Gasteiger partial charge is 0.247 e. The molecule has 1 saturated heterocycles. The number of sulfone groups is 1. The lowest BCUT2D eigenvalue weighted by molar-refractivity contribution is 0.600. The largest absolute Gasteiger partial charge is 0.365 e. The van der Waals surface area contributed by atoms with Crippen molar-refractivity contribution in [3.63, 3.8) is 0 Å². The van der Waals surface area contributed by atoms with Gasteiger partial charge in [0, 0.05) is 19.6 Å². The standard InChI is InChI=1S/C16H21N5O2S/c1-12-5-3-4-6-13(12)9-17-15-10-18-20-16(19-15)21(2)14-7-8-24(22,23)11-14/h3-6,10,14H,7-9,11H2,1-2H3,(H,17,19,20). The minimum atomic E-state index is -2.94. The highest BCUT2D eigenvalue weighted by atomic mass is 32.2. The molecular weight excluding hydrogens is 326 g/mol. The average molecular weight is 347 g/mol. The molecule has 0 saturated carbocycles. The Labute approximate surface area is 142 Å². The molecule has 0 bridgehead atoms. The monoisotopic (exact) mass is 347 g/mol. The summed E-state index contributed by atoms with van der Waals surface area (Å²) in [6.45, 7) is 2.71. The van der Waals surface area contributed by atoms with Crippen LogP contribution in [-0.4, -0.2) is 48.2 Å². The number of benzene rings is 1. The van der Waals surface area contributed by atoms with Crippen LogP contribution in [0.15, 0.2) is 30.5 Å². The Bertz CT molecular complexity index is 825. The summed E-state index contributed by atoms with van der Waals surface area (Å²) in [6, 6.07) is 8.04. The van der Waals surface area contributed by atoms with Crippen LogP contribution >= 0.6 is 0 Å². The predicted octanol–water partition coefficient (Wildman–Crippen LogP) is 1.42. The minimum absolute atomic E-state index is 0.0941. The molecule has 2 heterocycles. The van der Waals surface area contributed by atoms with Crippen LogP contribution in [0, 0.1) is 6.92 Å². The van der Waals surface area contributed by atoms with Crippen molar-refractivity contribution in [2.24, 2.45) is 0 Å². The fourth-order valence-electron chi connectivity index (χ4n) is 2.77. The molecule has 2 aromatic rings. The van der Waals surface area contributed by atoms with Gasteiger partial charge in [-0.05, 0) is 24.5 Å². The third-order valence-electron chi connectivity index (χ3n) is 4.34. The lowest BCUT2D eigenvalue weighted by Crippen LogP contribution is -2.34. The second-order valence-corrected chi connectivity index (χ2v) is 8.32. The summed E-state index contributed by atoms with van der Waals surface area (Å²) in [5, 5.41) is 11.3. The molecule has 128 valence electrons. The van der Waals surface area contributed by atoms with Gasteiger partial charge in [-0.2, -0.15) is 10.1 Å². The summed E-state index contributed by atoms with van der Waals surface area (Å²) < 4.78 is 23.3. The number of aryl methyl sites for hydroxylation is 1. The number of rotatable bonds is 5. The molecule has 1 N–H and O–H groups in total. The summed E-state index contributed by atoms with van der Waals surface area (Å²) in [4.78, 5) is 6.26. The number of aromatic nitrogens is 3. The topological polar surface area (TPSA) is 88.1 Å². The molecule has 1 aliphatic heterocycles. The lowest BCUT2D eigenvalue weighted by Gasteiger charge is -2.23. The third-order valence-corrected chi connectivity index (χ3v) is 6.09. The van der Waals surface area contributed by atoms with Gasteiger partial charge < -0.3 is 10.2 Å². The maximum absolute atomic E-state index is 11.6. The fourth-order valence-corrected chi connectivity index (χ4v) is 4.54. The van der Waals surface area contributed by atoms with Gasteiger partial charge in [0.2, 0.25) is 5.95 Å². The number of hydrogen-bond donors (Lipinski definition) is 1. The van der Waals surface area contributed by atoms with Gasteiger partial charge in [-0.3, -0.25) is 0 Å². The predicted molar refractivity (Wildman–Crippen MR) is 93.8 cm³/mol. The van der Waals surface area contributed by atoms with Crippen LogP contribution in [0.1, 0.15) is 17.5 Å². The van der Waals surface area contributed by atoms with Crippen molar-refractivity contribution in [2.75, 3.05) is 28.8 Å². The van der Waals surface area contributed by atoms with Crippen molar-refractivity contribution in [1.29, 1.82) is 0 Å². The molecule has 1 fully saturated rings. The van der Waals surface area contributed by atoms with E-state index in [0.717, 1.165) is 0 Å². The normalized spacial score (nSPS) is 19.2.